The van der Waals surface area contributed by atoms with Crippen molar-refractivity contribution in [3.63, 3.8) is 0 Å². The van der Waals surface area contributed by atoms with Crippen LogP contribution in [0.2, 0.25) is 0 Å². The van der Waals surface area contributed by atoms with Gasteiger partial charge in [-0.25, -0.2) is 8.42 Å². The zero-order valence-corrected chi connectivity index (χ0v) is 18.3. The van der Waals surface area contributed by atoms with Crippen LogP contribution in [0.15, 0.2) is 42.0 Å². The molecule has 150 valence electrons. The van der Waals surface area contributed by atoms with Gasteiger partial charge in [-0.2, -0.15) is 0 Å². The first-order valence-electron chi connectivity index (χ1n) is 9.16. The van der Waals surface area contributed by atoms with Crippen LogP contribution in [0.1, 0.15) is 41.7 Å². The molecule has 2 aromatic carbocycles. The second-order valence-corrected chi connectivity index (χ2v) is 9.05. The third-order valence-corrected chi connectivity index (χ3v) is 4.93. The molecule has 0 heterocycles. The first-order chi connectivity index (χ1) is 13.1. The van der Waals surface area contributed by atoms with Gasteiger partial charge >= 0.3 is 0 Å². The Bertz CT molecular complexity index is 1010. The van der Waals surface area contributed by atoms with E-state index in [1.165, 1.54) is 34.9 Å². The highest BCUT2D eigenvalue weighted by molar-refractivity contribution is 7.92. The summed E-state index contributed by atoms with van der Waals surface area (Å²) in [5.74, 6) is 0.484. The fourth-order valence-electron chi connectivity index (χ4n) is 3.05. The minimum Gasteiger partial charge on any atom is -0.495 e. The molecule has 28 heavy (non-hydrogen) atoms. The molecule has 0 bridgehead atoms. The number of ether oxygens (including phenoxy) is 1. The van der Waals surface area contributed by atoms with Crippen LogP contribution < -0.4 is 9.46 Å². The third-order valence-electron chi connectivity index (χ3n) is 4.34. The van der Waals surface area contributed by atoms with Gasteiger partial charge in [-0.05, 0) is 68.5 Å². The molecule has 2 rings (SSSR count). The summed E-state index contributed by atoms with van der Waals surface area (Å²) in [5, 5.41) is 0. The van der Waals surface area contributed by atoms with Gasteiger partial charge in [-0.3, -0.25) is 4.72 Å². The Balaban J connectivity index is 2.39. The summed E-state index contributed by atoms with van der Waals surface area (Å²) in [7, 11) is -1.83. The normalized spacial score (nSPS) is 11.5. The first-order valence-corrected chi connectivity index (χ1v) is 11.1. The van der Waals surface area contributed by atoms with Crippen molar-refractivity contribution in [3.8, 4) is 5.75 Å². The minimum absolute atomic E-state index is 0.429. The minimum atomic E-state index is -3.36. The number of rotatable bonds is 7. The molecule has 0 saturated heterocycles. The van der Waals surface area contributed by atoms with Crippen molar-refractivity contribution in [2.75, 3.05) is 18.1 Å². The zero-order chi connectivity index (χ0) is 20.9. The topological polar surface area (TPSA) is 55.4 Å². The number of benzene rings is 2. The lowest BCUT2D eigenvalue weighted by Gasteiger charge is -2.12. The number of hydrogen-bond donors (Lipinski definition) is 1. The van der Waals surface area contributed by atoms with Crippen LogP contribution >= 0.6 is 0 Å². The Morgan fingerprint density at radius 1 is 1.11 bits per heavy atom. The zero-order valence-electron chi connectivity index (χ0n) is 17.5. The van der Waals surface area contributed by atoms with E-state index >= 15 is 0 Å². The van der Waals surface area contributed by atoms with Crippen molar-refractivity contribution in [1.82, 2.24) is 0 Å². The van der Waals surface area contributed by atoms with Crippen LogP contribution in [0, 0.1) is 13.8 Å². The second kappa shape index (κ2) is 9.11. The molecule has 0 aliphatic heterocycles. The van der Waals surface area contributed by atoms with Crippen molar-refractivity contribution in [2.24, 2.45) is 0 Å². The maximum Gasteiger partial charge on any atom is 0.229 e. The largest absolute Gasteiger partial charge is 0.495 e. The number of hydrogen-bond acceptors (Lipinski definition) is 3. The molecule has 0 unspecified atom stereocenters. The molecule has 0 aromatic heterocycles. The lowest BCUT2D eigenvalue weighted by atomic mass is 9.95. The van der Waals surface area contributed by atoms with Gasteiger partial charge in [0.2, 0.25) is 10.0 Å². The predicted octanol–water partition coefficient (Wildman–Crippen LogP) is 5.36. The van der Waals surface area contributed by atoms with E-state index in [2.05, 4.69) is 56.7 Å². The van der Waals surface area contributed by atoms with Gasteiger partial charge in [0.1, 0.15) is 5.75 Å². The number of aryl methyl sites for hydroxylation is 2. The molecule has 5 heteroatoms. The van der Waals surface area contributed by atoms with Gasteiger partial charge in [-0.15, -0.1) is 0 Å². The smallest absolute Gasteiger partial charge is 0.229 e. The summed E-state index contributed by atoms with van der Waals surface area (Å²) in [6.45, 7) is 8.46. The van der Waals surface area contributed by atoms with E-state index in [0.717, 1.165) is 18.2 Å². The molecule has 0 radical (unpaired) electrons. The Kier molecular flexibility index (Phi) is 7.08. The van der Waals surface area contributed by atoms with Gasteiger partial charge in [0.25, 0.3) is 0 Å². The van der Waals surface area contributed by atoms with Crippen LogP contribution in [-0.2, 0) is 16.4 Å². The highest BCUT2D eigenvalue weighted by Gasteiger charge is 2.09. The molecule has 0 spiro atoms. The van der Waals surface area contributed by atoms with Crippen LogP contribution in [0.4, 0.5) is 5.69 Å². The van der Waals surface area contributed by atoms with E-state index in [4.69, 9.17) is 4.74 Å². The molecule has 0 saturated carbocycles. The average Bonchev–Trinajstić information content (AvgIpc) is 2.58. The van der Waals surface area contributed by atoms with Crippen LogP contribution in [-0.4, -0.2) is 21.8 Å². The molecule has 0 aliphatic rings. The summed E-state index contributed by atoms with van der Waals surface area (Å²) in [6, 6.07) is 9.80. The molecular formula is C23H29NO3S. The van der Waals surface area contributed by atoms with E-state index in [1.807, 2.05) is 18.2 Å². The van der Waals surface area contributed by atoms with Gasteiger partial charge in [0, 0.05) is 0 Å². The quantitative estimate of drug-likeness (QED) is 0.503. The van der Waals surface area contributed by atoms with Gasteiger partial charge in [0.05, 0.1) is 19.1 Å². The van der Waals surface area contributed by atoms with Gasteiger partial charge in [-0.1, -0.05) is 47.6 Å². The Labute approximate surface area is 169 Å². The Hall–Kier alpha value is -2.53. The van der Waals surface area contributed by atoms with Crippen molar-refractivity contribution in [3.05, 3.63) is 69.8 Å². The molecule has 4 nitrogen and oxygen atoms in total. The summed E-state index contributed by atoms with van der Waals surface area (Å²) in [5.41, 5.74) is 7.66. The maximum absolute atomic E-state index is 11.5. The van der Waals surface area contributed by atoms with Crippen LogP contribution in [0.3, 0.4) is 0 Å². The van der Waals surface area contributed by atoms with E-state index in [0.29, 0.717) is 11.4 Å². The number of anilines is 1. The Morgan fingerprint density at radius 3 is 2.43 bits per heavy atom. The van der Waals surface area contributed by atoms with Crippen molar-refractivity contribution in [1.29, 1.82) is 0 Å². The number of nitrogens with one attached hydrogen (secondary N) is 1. The first kappa shape index (κ1) is 21.8. The summed E-state index contributed by atoms with van der Waals surface area (Å²) in [4.78, 5) is 0. The van der Waals surface area contributed by atoms with Gasteiger partial charge < -0.3 is 4.74 Å². The summed E-state index contributed by atoms with van der Waals surface area (Å²) < 4.78 is 30.8. The molecule has 0 aliphatic carbocycles. The van der Waals surface area contributed by atoms with Crippen LogP contribution in [0.5, 0.6) is 5.75 Å². The Morgan fingerprint density at radius 2 is 1.82 bits per heavy atom. The average molecular weight is 400 g/mol. The molecule has 0 atom stereocenters. The molecule has 0 fully saturated rings. The third kappa shape index (κ3) is 6.27. The van der Waals surface area contributed by atoms with Gasteiger partial charge in [0.15, 0.2) is 0 Å². The molecule has 2 aromatic rings. The van der Waals surface area contributed by atoms with E-state index in [9.17, 15) is 8.42 Å². The number of allylic oxidation sites excluding steroid dienone is 2. The van der Waals surface area contributed by atoms with Crippen molar-refractivity contribution in [2.45, 2.75) is 34.1 Å². The van der Waals surface area contributed by atoms with E-state index < -0.39 is 10.0 Å². The molecule has 1 N–H and O–H groups in total. The number of methoxy groups -OCH3 is 1. The van der Waals surface area contributed by atoms with Crippen molar-refractivity contribution < 1.29 is 13.2 Å². The summed E-state index contributed by atoms with van der Waals surface area (Å²) in [6.07, 6.45) is 8.38. The predicted molar refractivity (Wildman–Crippen MR) is 119 cm³/mol. The number of sulfonamides is 1. The fourth-order valence-corrected chi connectivity index (χ4v) is 3.61. The monoisotopic (exact) mass is 399 g/mol. The molecular weight excluding hydrogens is 370 g/mol. The lowest BCUT2D eigenvalue weighted by molar-refractivity contribution is 0.417. The van der Waals surface area contributed by atoms with E-state index in [1.54, 1.807) is 6.07 Å². The SMILES string of the molecule is COc1cc(/C=C\c2cc(C)cc(C)c2CC=C(C)C)ccc1NS(C)(=O)=O. The highest BCUT2D eigenvalue weighted by Crippen LogP contribution is 2.28. The highest BCUT2D eigenvalue weighted by atomic mass is 32.2. The van der Waals surface area contributed by atoms with E-state index in [-0.39, 0.29) is 0 Å². The molecule has 0 amide bonds. The van der Waals surface area contributed by atoms with Crippen LogP contribution in [0.25, 0.3) is 12.2 Å². The maximum atomic E-state index is 11.5. The lowest BCUT2D eigenvalue weighted by Crippen LogP contribution is -2.10. The summed E-state index contributed by atoms with van der Waals surface area (Å²) >= 11 is 0. The van der Waals surface area contributed by atoms with Crippen molar-refractivity contribution >= 4 is 27.9 Å². The second-order valence-electron chi connectivity index (χ2n) is 7.30. The fraction of sp³-hybridized carbons (Fsp3) is 0.304. The standard InChI is InChI=1S/C23H29NO3S/c1-16(2)7-11-21-18(4)13-17(3)14-20(21)10-8-19-9-12-22(23(15-19)27-5)24-28(6,25)26/h7-10,12-15,24H,11H2,1-6H3/b10-8-.